The number of likely N-dealkylation sites (tertiary alicyclic amines) is 1. The molecule has 124 valence electrons. The number of amides is 1. The fourth-order valence-corrected chi connectivity index (χ4v) is 5.60. The van der Waals surface area contributed by atoms with Crippen LogP contribution in [0.1, 0.15) is 51.5 Å². The Hall–Kier alpha value is -1.35. The van der Waals surface area contributed by atoms with E-state index in [1.807, 2.05) is 0 Å². The van der Waals surface area contributed by atoms with E-state index in [1.165, 1.54) is 37.7 Å². The van der Waals surface area contributed by atoms with Crippen LogP contribution < -0.4 is 5.32 Å². The molecule has 0 aromatic heterocycles. The van der Waals surface area contributed by atoms with Crippen molar-refractivity contribution in [2.75, 3.05) is 0 Å². The van der Waals surface area contributed by atoms with Crippen LogP contribution in [0, 0.1) is 5.41 Å². The molecule has 4 rings (SSSR count). The quantitative estimate of drug-likeness (QED) is 0.910. The van der Waals surface area contributed by atoms with Crippen LogP contribution in [-0.2, 0) is 11.2 Å². The second kappa shape index (κ2) is 5.62. The number of rotatable bonds is 2. The highest BCUT2D eigenvalue weighted by atomic mass is 16.2. The molecule has 0 radical (unpaired) electrons. The van der Waals surface area contributed by atoms with Crippen LogP contribution in [0.15, 0.2) is 30.3 Å². The number of fused-ring (bicyclic) bond motifs is 1. The van der Waals surface area contributed by atoms with Crippen molar-refractivity contribution in [3.05, 3.63) is 35.9 Å². The van der Waals surface area contributed by atoms with Crippen molar-refractivity contribution in [2.45, 2.75) is 76.5 Å². The van der Waals surface area contributed by atoms with Gasteiger partial charge < -0.3 is 10.2 Å². The maximum Gasteiger partial charge on any atom is 0.220 e. The van der Waals surface area contributed by atoms with Gasteiger partial charge in [0.15, 0.2) is 0 Å². The van der Waals surface area contributed by atoms with Crippen molar-refractivity contribution < 1.29 is 4.79 Å². The SMILES string of the molecule is CC(=O)N1[C@@H](Cc2ccccc2)[C@@H]2C[C@@]3(C)[C@H](CCCC[C@@H]13)N2. The Morgan fingerprint density at radius 2 is 2.00 bits per heavy atom. The second-order valence-corrected chi connectivity index (χ2v) is 8.02. The molecular weight excluding hydrogens is 284 g/mol. The lowest BCUT2D eigenvalue weighted by molar-refractivity contribution is -0.140. The number of hydrogen-bond acceptors (Lipinski definition) is 2. The maximum absolute atomic E-state index is 12.6. The van der Waals surface area contributed by atoms with E-state index >= 15 is 0 Å². The van der Waals surface area contributed by atoms with E-state index < -0.39 is 0 Å². The van der Waals surface area contributed by atoms with Crippen molar-refractivity contribution in [1.82, 2.24) is 10.2 Å². The van der Waals surface area contributed by atoms with Crippen LogP contribution in [-0.4, -0.2) is 35.0 Å². The number of benzene rings is 1. The first-order valence-electron chi connectivity index (χ1n) is 9.18. The minimum absolute atomic E-state index is 0.260. The Bertz CT molecular complexity index is 587. The molecule has 1 aliphatic carbocycles. The van der Waals surface area contributed by atoms with Crippen molar-refractivity contribution in [3.8, 4) is 0 Å². The van der Waals surface area contributed by atoms with Crippen LogP contribution in [0.3, 0.4) is 0 Å². The molecule has 3 fully saturated rings. The monoisotopic (exact) mass is 312 g/mol. The van der Waals surface area contributed by atoms with E-state index in [9.17, 15) is 4.79 Å². The van der Waals surface area contributed by atoms with E-state index in [2.05, 4.69) is 47.5 Å². The zero-order chi connectivity index (χ0) is 16.0. The van der Waals surface area contributed by atoms with Crippen molar-refractivity contribution in [1.29, 1.82) is 0 Å². The van der Waals surface area contributed by atoms with Gasteiger partial charge in [-0.3, -0.25) is 4.79 Å². The Morgan fingerprint density at radius 1 is 1.26 bits per heavy atom. The summed E-state index contributed by atoms with van der Waals surface area (Å²) < 4.78 is 0. The number of nitrogens with one attached hydrogen (secondary N) is 1. The fourth-order valence-electron chi connectivity index (χ4n) is 5.60. The van der Waals surface area contributed by atoms with Crippen molar-refractivity contribution in [3.63, 3.8) is 0 Å². The Kier molecular flexibility index (Phi) is 3.72. The smallest absolute Gasteiger partial charge is 0.220 e. The summed E-state index contributed by atoms with van der Waals surface area (Å²) in [6.07, 6.45) is 7.19. The number of carbonyl (C=O) groups excluding carboxylic acids is 1. The summed E-state index contributed by atoms with van der Waals surface area (Å²) in [5.41, 5.74) is 1.61. The minimum atomic E-state index is 0.260. The molecule has 2 bridgehead atoms. The van der Waals surface area contributed by atoms with Crippen molar-refractivity contribution in [2.24, 2.45) is 5.41 Å². The lowest BCUT2D eigenvalue weighted by Gasteiger charge is -2.50. The Morgan fingerprint density at radius 3 is 2.74 bits per heavy atom. The fraction of sp³-hybridized carbons (Fsp3) is 0.650. The van der Waals surface area contributed by atoms with E-state index in [0.717, 1.165) is 6.42 Å². The summed E-state index contributed by atoms with van der Waals surface area (Å²) in [4.78, 5) is 14.8. The van der Waals surface area contributed by atoms with E-state index in [0.29, 0.717) is 24.2 Å². The normalized spacial score (nSPS) is 39.1. The first kappa shape index (κ1) is 15.2. The first-order valence-corrected chi connectivity index (χ1v) is 9.18. The summed E-state index contributed by atoms with van der Waals surface area (Å²) in [6, 6.07) is 12.4. The summed E-state index contributed by atoms with van der Waals surface area (Å²) in [7, 11) is 0. The van der Waals surface area contributed by atoms with Crippen LogP contribution in [0.2, 0.25) is 0 Å². The van der Waals surface area contributed by atoms with Crippen LogP contribution in [0.25, 0.3) is 0 Å². The lowest BCUT2D eigenvalue weighted by Crippen LogP contribution is -2.61. The van der Waals surface area contributed by atoms with Gasteiger partial charge in [-0.1, -0.05) is 50.1 Å². The maximum atomic E-state index is 12.6. The molecular formula is C20H28N2O. The zero-order valence-electron chi connectivity index (χ0n) is 14.3. The molecule has 1 aromatic carbocycles. The zero-order valence-corrected chi connectivity index (χ0v) is 14.3. The lowest BCUT2D eigenvalue weighted by atomic mass is 9.69. The van der Waals surface area contributed by atoms with E-state index in [1.54, 1.807) is 6.92 Å². The third kappa shape index (κ3) is 2.40. The molecule has 1 saturated carbocycles. The molecule has 2 aliphatic heterocycles. The summed E-state index contributed by atoms with van der Waals surface area (Å²) in [5.74, 6) is 0.260. The molecule has 0 spiro atoms. The van der Waals surface area contributed by atoms with Gasteiger partial charge in [-0.2, -0.15) is 0 Å². The molecule has 2 saturated heterocycles. The van der Waals surface area contributed by atoms with Gasteiger partial charge in [-0.05, 0) is 31.2 Å². The average molecular weight is 312 g/mol. The van der Waals surface area contributed by atoms with Crippen LogP contribution in [0.5, 0.6) is 0 Å². The van der Waals surface area contributed by atoms with Crippen LogP contribution in [0.4, 0.5) is 0 Å². The number of hydrogen-bond donors (Lipinski definition) is 1. The molecule has 0 unspecified atom stereocenters. The molecule has 1 aromatic rings. The van der Waals surface area contributed by atoms with E-state index in [4.69, 9.17) is 0 Å². The Labute approximate surface area is 139 Å². The molecule has 3 aliphatic rings. The summed E-state index contributed by atoms with van der Waals surface area (Å²) in [6.45, 7) is 4.20. The molecule has 1 N–H and O–H groups in total. The van der Waals surface area contributed by atoms with Gasteiger partial charge >= 0.3 is 0 Å². The predicted molar refractivity (Wildman–Crippen MR) is 92.1 cm³/mol. The summed E-state index contributed by atoms with van der Waals surface area (Å²) >= 11 is 0. The largest absolute Gasteiger partial charge is 0.334 e. The van der Waals surface area contributed by atoms with Gasteiger partial charge in [0.25, 0.3) is 0 Å². The molecule has 1 amide bonds. The van der Waals surface area contributed by atoms with Gasteiger partial charge in [-0.25, -0.2) is 0 Å². The highest BCUT2D eigenvalue weighted by Crippen LogP contribution is 2.51. The predicted octanol–water partition coefficient (Wildman–Crippen LogP) is 3.14. The average Bonchev–Trinajstić information content (AvgIpc) is 2.74. The number of carbonyl (C=O) groups is 1. The number of piperidine rings is 1. The topological polar surface area (TPSA) is 32.3 Å². The van der Waals surface area contributed by atoms with Gasteiger partial charge in [-0.15, -0.1) is 0 Å². The number of nitrogens with zero attached hydrogens (tertiary/aromatic N) is 1. The van der Waals surface area contributed by atoms with Gasteiger partial charge in [0.1, 0.15) is 0 Å². The molecule has 3 heteroatoms. The standard InChI is InChI=1S/C20H28N2O/c1-14(23)22-17(12-15-8-4-3-5-9-15)16-13-20(2)18(21-16)10-6-7-11-19(20)22/h3-5,8-9,16-19,21H,6-7,10-13H2,1-2H3/t16-,17-,18-,19+,20-/m0/s1. The van der Waals surface area contributed by atoms with E-state index in [-0.39, 0.29) is 11.3 Å². The highest BCUT2D eigenvalue weighted by Gasteiger charge is 2.58. The molecule has 2 heterocycles. The van der Waals surface area contributed by atoms with Gasteiger partial charge in [0.2, 0.25) is 5.91 Å². The molecule has 23 heavy (non-hydrogen) atoms. The first-order chi connectivity index (χ1) is 11.1. The van der Waals surface area contributed by atoms with Gasteiger partial charge in [0.05, 0.1) is 6.04 Å². The third-order valence-electron chi connectivity index (χ3n) is 6.66. The van der Waals surface area contributed by atoms with Gasteiger partial charge in [0, 0.05) is 30.5 Å². The van der Waals surface area contributed by atoms with Crippen molar-refractivity contribution >= 4 is 5.91 Å². The molecule has 5 atom stereocenters. The molecule has 3 nitrogen and oxygen atoms in total. The van der Waals surface area contributed by atoms with Crippen LogP contribution >= 0.6 is 0 Å². The second-order valence-electron chi connectivity index (χ2n) is 8.02. The Balaban J connectivity index is 1.70. The summed E-state index contributed by atoms with van der Waals surface area (Å²) in [5, 5.41) is 3.93. The highest BCUT2D eigenvalue weighted by molar-refractivity contribution is 5.74. The third-order valence-corrected chi connectivity index (χ3v) is 6.66. The minimum Gasteiger partial charge on any atom is -0.334 e.